The van der Waals surface area contributed by atoms with Crippen LogP contribution in [0.5, 0.6) is 5.75 Å². The van der Waals surface area contributed by atoms with Crippen LogP contribution in [0.1, 0.15) is 33.3 Å². The van der Waals surface area contributed by atoms with Gasteiger partial charge < -0.3 is 15.0 Å². The van der Waals surface area contributed by atoms with Crippen molar-refractivity contribution in [2.75, 3.05) is 13.7 Å². The lowest BCUT2D eigenvalue weighted by molar-refractivity contribution is 0.149. The van der Waals surface area contributed by atoms with Gasteiger partial charge in [-0.2, -0.15) is 0 Å². The van der Waals surface area contributed by atoms with Crippen LogP contribution < -0.4 is 10.1 Å². The topological polar surface area (TPSA) is 41.6 Å². The molecule has 0 aromatic heterocycles. The molecule has 0 saturated heterocycles. The van der Waals surface area contributed by atoms with E-state index >= 15 is 0 Å². The van der Waals surface area contributed by atoms with E-state index in [0.717, 1.165) is 11.3 Å². The first-order valence-corrected chi connectivity index (χ1v) is 6.57. The molecule has 1 rings (SSSR count). The van der Waals surface area contributed by atoms with Crippen LogP contribution in [0.4, 0.5) is 4.79 Å². The first-order chi connectivity index (χ1) is 8.90. The van der Waals surface area contributed by atoms with Crippen LogP contribution in [0.25, 0.3) is 0 Å². The van der Waals surface area contributed by atoms with Gasteiger partial charge in [-0.05, 0) is 33.8 Å². The molecule has 0 aliphatic carbocycles. The lowest BCUT2D eigenvalue weighted by atomic mass is 10.1. The molecule has 1 N–H and O–H groups in total. The Bertz CT molecular complexity index is 424. The average molecular weight is 264 g/mol. The van der Waals surface area contributed by atoms with Crippen molar-refractivity contribution in [2.45, 2.75) is 39.8 Å². The van der Waals surface area contributed by atoms with E-state index in [-0.39, 0.29) is 11.6 Å². The van der Waals surface area contributed by atoms with Crippen molar-refractivity contribution in [3.05, 3.63) is 29.8 Å². The summed E-state index contributed by atoms with van der Waals surface area (Å²) < 4.78 is 5.27. The number of nitrogens with zero attached hydrogens (tertiary/aromatic N) is 1. The number of urea groups is 1. The van der Waals surface area contributed by atoms with Gasteiger partial charge in [0.15, 0.2) is 0 Å². The normalized spacial score (nSPS) is 11.0. The standard InChI is InChI=1S/C15H24N2O2/c1-6-17(15(2,3)4)14(18)16-11-12-9-7-8-10-13(12)19-5/h7-10H,6,11H2,1-5H3,(H,16,18). The Hall–Kier alpha value is -1.71. The van der Waals surface area contributed by atoms with E-state index in [9.17, 15) is 4.79 Å². The number of rotatable bonds is 4. The molecule has 0 heterocycles. The molecule has 106 valence electrons. The van der Waals surface area contributed by atoms with Crippen LogP contribution in [-0.2, 0) is 6.54 Å². The molecule has 0 saturated carbocycles. The second-order valence-electron chi connectivity index (χ2n) is 5.39. The molecule has 4 heteroatoms. The highest BCUT2D eigenvalue weighted by molar-refractivity contribution is 5.75. The van der Waals surface area contributed by atoms with Gasteiger partial charge in [0.2, 0.25) is 0 Å². The molecule has 4 nitrogen and oxygen atoms in total. The Morgan fingerprint density at radius 2 is 1.95 bits per heavy atom. The molecule has 1 aromatic rings. The van der Waals surface area contributed by atoms with Gasteiger partial charge in [0.25, 0.3) is 0 Å². The first kappa shape index (κ1) is 15.3. The summed E-state index contributed by atoms with van der Waals surface area (Å²) in [5.74, 6) is 0.793. The summed E-state index contributed by atoms with van der Waals surface area (Å²) in [6.07, 6.45) is 0. The fourth-order valence-electron chi connectivity index (χ4n) is 2.04. The van der Waals surface area contributed by atoms with Gasteiger partial charge >= 0.3 is 6.03 Å². The largest absolute Gasteiger partial charge is 0.496 e. The Labute approximate surface area is 115 Å². The molecule has 0 bridgehead atoms. The summed E-state index contributed by atoms with van der Waals surface area (Å²) in [6.45, 7) is 9.21. The van der Waals surface area contributed by atoms with Crippen LogP contribution in [-0.4, -0.2) is 30.1 Å². The van der Waals surface area contributed by atoms with Crippen LogP contribution in [0, 0.1) is 0 Å². The van der Waals surface area contributed by atoms with Crippen molar-refractivity contribution in [2.24, 2.45) is 0 Å². The van der Waals surface area contributed by atoms with E-state index in [0.29, 0.717) is 13.1 Å². The summed E-state index contributed by atoms with van der Waals surface area (Å²) >= 11 is 0. The Morgan fingerprint density at radius 3 is 2.47 bits per heavy atom. The molecular weight excluding hydrogens is 240 g/mol. The highest BCUT2D eigenvalue weighted by Gasteiger charge is 2.24. The molecule has 19 heavy (non-hydrogen) atoms. The van der Waals surface area contributed by atoms with Crippen molar-refractivity contribution in [1.29, 1.82) is 0 Å². The third-order valence-electron chi connectivity index (χ3n) is 2.99. The van der Waals surface area contributed by atoms with Gasteiger partial charge in [-0.25, -0.2) is 4.79 Å². The molecule has 1 aromatic carbocycles. The fraction of sp³-hybridized carbons (Fsp3) is 0.533. The minimum Gasteiger partial charge on any atom is -0.496 e. The number of benzene rings is 1. The monoisotopic (exact) mass is 264 g/mol. The average Bonchev–Trinajstić information content (AvgIpc) is 2.35. The predicted molar refractivity (Wildman–Crippen MR) is 77.4 cm³/mol. The number of ether oxygens (including phenoxy) is 1. The maximum Gasteiger partial charge on any atom is 0.318 e. The molecular formula is C15H24N2O2. The van der Waals surface area contributed by atoms with E-state index in [2.05, 4.69) is 5.32 Å². The van der Waals surface area contributed by atoms with Crippen molar-refractivity contribution >= 4 is 6.03 Å². The summed E-state index contributed by atoms with van der Waals surface area (Å²) in [5, 5.41) is 2.94. The second kappa shape index (κ2) is 6.45. The van der Waals surface area contributed by atoms with Gasteiger partial charge in [0.05, 0.1) is 7.11 Å². The number of hydrogen-bond donors (Lipinski definition) is 1. The van der Waals surface area contributed by atoms with E-state index in [1.807, 2.05) is 56.9 Å². The summed E-state index contributed by atoms with van der Waals surface area (Å²) in [7, 11) is 1.63. The van der Waals surface area contributed by atoms with Gasteiger partial charge in [-0.15, -0.1) is 0 Å². The lowest BCUT2D eigenvalue weighted by Gasteiger charge is -2.34. The van der Waals surface area contributed by atoms with E-state index in [4.69, 9.17) is 4.74 Å². The lowest BCUT2D eigenvalue weighted by Crippen LogP contribution is -2.50. The maximum absolute atomic E-state index is 12.2. The molecule has 0 radical (unpaired) electrons. The number of hydrogen-bond acceptors (Lipinski definition) is 2. The van der Waals surface area contributed by atoms with Crippen molar-refractivity contribution in [1.82, 2.24) is 10.2 Å². The fourth-order valence-corrected chi connectivity index (χ4v) is 2.04. The first-order valence-electron chi connectivity index (χ1n) is 6.57. The Balaban J connectivity index is 2.68. The number of para-hydroxylation sites is 1. The zero-order valence-electron chi connectivity index (χ0n) is 12.5. The van der Waals surface area contributed by atoms with Gasteiger partial charge in [0, 0.05) is 24.2 Å². The molecule has 0 fully saturated rings. The van der Waals surface area contributed by atoms with Crippen LogP contribution in [0.15, 0.2) is 24.3 Å². The molecule has 0 unspecified atom stereocenters. The number of methoxy groups -OCH3 is 1. The Kier molecular flexibility index (Phi) is 5.21. The number of carbonyl (C=O) groups is 1. The summed E-state index contributed by atoms with van der Waals surface area (Å²) in [4.78, 5) is 14.0. The SMILES string of the molecule is CCN(C(=O)NCc1ccccc1OC)C(C)(C)C. The molecule has 0 aliphatic heterocycles. The quantitative estimate of drug-likeness (QED) is 0.908. The van der Waals surface area contributed by atoms with E-state index in [1.165, 1.54) is 0 Å². The minimum absolute atomic E-state index is 0.0547. The number of amides is 2. The number of nitrogens with one attached hydrogen (secondary N) is 1. The van der Waals surface area contributed by atoms with Crippen molar-refractivity contribution in [3.63, 3.8) is 0 Å². The van der Waals surface area contributed by atoms with Crippen LogP contribution in [0.2, 0.25) is 0 Å². The molecule has 0 atom stereocenters. The molecule has 2 amide bonds. The Morgan fingerprint density at radius 1 is 1.32 bits per heavy atom. The van der Waals surface area contributed by atoms with Gasteiger partial charge in [-0.1, -0.05) is 18.2 Å². The van der Waals surface area contributed by atoms with E-state index in [1.54, 1.807) is 7.11 Å². The smallest absolute Gasteiger partial charge is 0.318 e. The third-order valence-corrected chi connectivity index (χ3v) is 2.99. The highest BCUT2D eigenvalue weighted by atomic mass is 16.5. The number of carbonyl (C=O) groups excluding carboxylic acids is 1. The molecule has 0 spiro atoms. The van der Waals surface area contributed by atoms with E-state index < -0.39 is 0 Å². The highest BCUT2D eigenvalue weighted by Crippen LogP contribution is 2.17. The summed E-state index contributed by atoms with van der Waals surface area (Å²) in [5.41, 5.74) is 0.794. The van der Waals surface area contributed by atoms with Crippen molar-refractivity contribution < 1.29 is 9.53 Å². The second-order valence-corrected chi connectivity index (χ2v) is 5.39. The molecule has 0 aliphatic rings. The van der Waals surface area contributed by atoms with Gasteiger partial charge in [-0.3, -0.25) is 0 Å². The van der Waals surface area contributed by atoms with Gasteiger partial charge in [0.1, 0.15) is 5.75 Å². The minimum atomic E-state index is -0.181. The van der Waals surface area contributed by atoms with Crippen LogP contribution >= 0.6 is 0 Å². The van der Waals surface area contributed by atoms with Crippen molar-refractivity contribution in [3.8, 4) is 5.75 Å². The maximum atomic E-state index is 12.2. The summed E-state index contributed by atoms with van der Waals surface area (Å²) in [6, 6.07) is 7.64. The predicted octanol–water partition coefficient (Wildman–Crippen LogP) is 3.03. The third kappa shape index (κ3) is 4.16. The van der Waals surface area contributed by atoms with Crippen LogP contribution in [0.3, 0.4) is 0 Å². The zero-order chi connectivity index (χ0) is 14.5. The zero-order valence-corrected chi connectivity index (χ0v) is 12.5.